The number of aromatic amines is 1. The monoisotopic (exact) mass is 360 g/mol. The molecule has 2 aromatic rings. The van der Waals surface area contributed by atoms with Gasteiger partial charge in [0, 0.05) is 6.04 Å². The number of aryl methyl sites for hydroxylation is 1. The molecule has 25 heavy (non-hydrogen) atoms. The number of aromatic nitrogens is 3. The molecule has 3 rings (SSSR count). The van der Waals surface area contributed by atoms with Crippen LogP contribution < -0.4 is 10.1 Å². The quantitative estimate of drug-likeness (QED) is 0.741. The van der Waals surface area contributed by atoms with E-state index in [-0.39, 0.29) is 5.91 Å². The summed E-state index contributed by atoms with van der Waals surface area (Å²) in [4.78, 5) is 16.4. The summed E-state index contributed by atoms with van der Waals surface area (Å²) < 4.78 is 5.69. The molecule has 1 aliphatic carbocycles. The molecule has 1 amide bonds. The van der Waals surface area contributed by atoms with Crippen LogP contribution in [0.25, 0.3) is 0 Å². The average Bonchev–Trinajstić information content (AvgIpc) is 3.07. The fourth-order valence-corrected chi connectivity index (χ4v) is 3.54. The van der Waals surface area contributed by atoms with E-state index in [1.54, 1.807) is 0 Å². The second kappa shape index (κ2) is 8.89. The van der Waals surface area contributed by atoms with E-state index in [0.29, 0.717) is 29.4 Å². The van der Waals surface area contributed by atoms with Gasteiger partial charge in [-0.25, -0.2) is 4.98 Å². The normalized spacial score (nSPS) is 15.1. The number of nitrogens with one attached hydrogen (secondary N) is 2. The smallest absolute Gasteiger partial charge is 0.230 e. The summed E-state index contributed by atoms with van der Waals surface area (Å²) in [6, 6.07) is 8.20. The molecule has 0 aliphatic heterocycles. The number of hydrogen-bond acceptors (Lipinski definition) is 5. The van der Waals surface area contributed by atoms with E-state index in [2.05, 4.69) is 20.5 Å². The summed E-state index contributed by atoms with van der Waals surface area (Å²) in [5, 5.41) is 10.7. The van der Waals surface area contributed by atoms with Crippen molar-refractivity contribution in [3.05, 3.63) is 35.7 Å². The Morgan fingerprint density at radius 3 is 3.00 bits per heavy atom. The number of carbonyl (C=O) groups is 1. The Kier molecular flexibility index (Phi) is 6.33. The van der Waals surface area contributed by atoms with Crippen molar-refractivity contribution >= 4 is 17.7 Å². The summed E-state index contributed by atoms with van der Waals surface area (Å²) >= 11 is 1.34. The van der Waals surface area contributed by atoms with Gasteiger partial charge < -0.3 is 10.1 Å². The number of rotatable bonds is 7. The molecule has 1 saturated carbocycles. The lowest BCUT2D eigenvalue weighted by Gasteiger charge is -2.22. The van der Waals surface area contributed by atoms with E-state index >= 15 is 0 Å². The second-order valence-electron chi connectivity index (χ2n) is 6.36. The summed E-state index contributed by atoms with van der Waals surface area (Å²) in [6.07, 6.45) is 5.90. The van der Waals surface area contributed by atoms with E-state index in [9.17, 15) is 4.79 Å². The van der Waals surface area contributed by atoms with Crippen molar-refractivity contribution in [2.75, 3.05) is 5.75 Å². The van der Waals surface area contributed by atoms with Gasteiger partial charge in [-0.15, -0.1) is 5.10 Å². The van der Waals surface area contributed by atoms with Gasteiger partial charge in [-0.3, -0.25) is 9.89 Å². The molecule has 1 fully saturated rings. The van der Waals surface area contributed by atoms with Gasteiger partial charge in [0.25, 0.3) is 0 Å². The molecular weight excluding hydrogens is 336 g/mol. The molecular formula is C18H24N4O2S. The van der Waals surface area contributed by atoms with Gasteiger partial charge in [0.15, 0.2) is 5.82 Å². The summed E-state index contributed by atoms with van der Waals surface area (Å²) in [5.74, 6) is 1.85. The number of amides is 1. The van der Waals surface area contributed by atoms with Crippen molar-refractivity contribution < 1.29 is 9.53 Å². The van der Waals surface area contributed by atoms with E-state index in [1.165, 1.54) is 31.0 Å². The Hall–Kier alpha value is -2.02. The molecule has 1 aromatic carbocycles. The lowest BCUT2D eigenvalue weighted by Crippen LogP contribution is -2.37. The van der Waals surface area contributed by atoms with Gasteiger partial charge in [0.2, 0.25) is 11.1 Å². The number of hydrogen-bond donors (Lipinski definition) is 2. The lowest BCUT2D eigenvalue weighted by atomic mass is 9.95. The molecule has 7 heteroatoms. The molecule has 0 bridgehead atoms. The van der Waals surface area contributed by atoms with Gasteiger partial charge in [-0.2, -0.15) is 0 Å². The zero-order valence-corrected chi connectivity index (χ0v) is 15.3. The summed E-state index contributed by atoms with van der Waals surface area (Å²) in [6.45, 7) is 2.35. The van der Waals surface area contributed by atoms with Crippen LogP contribution in [0.4, 0.5) is 0 Å². The van der Waals surface area contributed by atoms with Crippen LogP contribution in [0.1, 0.15) is 43.5 Å². The van der Waals surface area contributed by atoms with Crippen molar-refractivity contribution in [1.29, 1.82) is 0 Å². The molecule has 0 unspecified atom stereocenters. The minimum absolute atomic E-state index is 0.0549. The van der Waals surface area contributed by atoms with Crippen LogP contribution in [-0.2, 0) is 11.4 Å². The molecule has 0 spiro atoms. The Labute approximate surface area is 152 Å². The molecule has 0 atom stereocenters. The number of benzene rings is 1. The second-order valence-corrected chi connectivity index (χ2v) is 7.30. The van der Waals surface area contributed by atoms with E-state index < -0.39 is 0 Å². The van der Waals surface area contributed by atoms with Crippen molar-refractivity contribution in [3.63, 3.8) is 0 Å². The first-order valence-corrected chi connectivity index (χ1v) is 9.70. The summed E-state index contributed by atoms with van der Waals surface area (Å²) in [7, 11) is 0. The molecule has 0 radical (unpaired) electrons. The minimum Gasteiger partial charge on any atom is -0.486 e. The topological polar surface area (TPSA) is 79.9 Å². The lowest BCUT2D eigenvalue weighted by molar-refractivity contribution is -0.119. The van der Waals surface area contributed by atoms with Gasteiger partial charge >= 0.3 is 0 Å². The number of carbonyl (C=O) groups excluding carboxylic acids is 1. The number of thioether (sulfide) groups is 1. The zero-order chi connectivity index (χ0) is 17.5. The van der Waals surface area contributed by atoms with E-state index in [1.807, 2.05) is 31.2 Å². The van der Waals surface area contributed by atoms with E-state index in [4.69, 9.17) is 4.74 Å². The highest BCUT2D eigenvalue weighted by Crippen LogP contribution is 2.18. The van der Waals surface area contributed by atoms with Crippen LogP contribution >= 0.6 is 11.8 Å². The number of H-pyrrole nitrogens is 1. The Balaban J connectivity index is 1.41. The fourth-order valence-electron chi connectivity index (χ4n) is 2.91. The van der Waals surface area contributed by atoms with Crippen LogP contribution in [0.2, 0.25) is 0 Å². The van der Waals surface area contributed by atoms with Gasteiger partial charge in [0.1, 0.15) is 12.4 Å². The molecule has 1 aromatic heterocycles. The third-order valence-corrected chi connectivity index (χ3v) is 5.03. The average molecular weight is 360 g/mol. The molecule has 1 heterocycles. The largest absolute Gasteiger partial charge is 0.486 e. The van der Waals surface area contributed by atoms with Crippen molar-refractivity contribution in [2.24, 2.45) is 0 Å². The maximum Gasteiger partial charge on any atom is 0.230 e. The maximum atomic E-state index is 12.0. The Bertz CT molecular complexity index is 698. The molecule has 1 aliphatic rings. The predicted octanol–water partition coefficient (Wildman–Crippen LogP) is 3.23. The van der Waals surface area contributed by atoms with Crippen LogP contribution in [0, 0.1) is 6.92 Å². The van der Waals surface area contributed by atoms with Gasteiger partial charge in [0.05, 0.1) is 5.75 Å². The highest BCUT2D eigenvalue weighted by molar-refractivity contribution is 7.99. The Morgan fingerprint density at radius 1 is 1.36 bits per heavy atom. The summed E-state index contributed by atoms with van der Waals surface area (Å²) in [5.41, 5.74) is 1.15. The molecule has 134 valence electrons. The highest BCUT2D eigenvalue weighted by Gasteiger charge is 2.16. The van der Waals surface area contributed by atoms with Crippen molar-refractivity contribution in [1.82, 2.24) is 20.5 Å². The predicted molar refractivity (Wildman–Crippen MR) is 97.6 cm³/mol. The maximum absolute atomic E-state index is 12.0. The third kappa shape index (κ3) is 5.77. The molecule has 6 nitrogen and oxygen atoms in total. The van der Waals surface area contributed by atoms with Crippen molar-refractivity contribution in [3.8, 4) is 5.75 Å². The standard InChI is InChI=1S/C18H24N4O2S/c1-13-6-5-9-15(10-13)24-11-16-20-18(22-21-16)25-12-17(23)19-14-7-3-2-4-8-14/h5-6,9-10,14H,2-4,7-8,11-12H2,1H3,(H,19,23)(H,20,21,22). The minimum atomic E-state index is 0.0549. The van der Waals surface area contributed by atoms with Gasteiger partial charge in [-0.05, 0) is 37.5 Å². The highest BCUT2D eigenvalue weighted by atomic mass is 32.2. The molecule has 2 N–H and O–H groups in total. The zero-order valence-electron chi connectivity index (χ0n) is 14.5. The van der Waals surface area contributed by atoms with Gasteiger partial charge in [-0.1, -0.05) is 43.2 Å². The Morgan fingerprint density at radius 2 is 2.20 bits per heavy atom. The van der Waals surface area contributed by atoms with Crippen LogP contribution in [0.15, 0.2) is 29.4 Å². The first kappa shape index (κ1) is 17.8. The first-order chi connectivity index (χ1) is 12.2. The van der Waals surface area contributed by atoms with Crippen molar-refractivity contribution in [2.45, 2.75) is 56.8 Å². The third-order valence-electron chi connectivity index (χ3n) is 4.18. The number of ether oxygens (including phenoxy) is 1. The molecule has 0 saturated heterocycles. The van der Waals surface area contributed by atoms with Crippen LogP contribution in [0.3, 0.4) is 0 Å². The SMILES string of the molecule is Cc1cccc(OCc2nc(SCC(=O)NC3CCCCC3)n[nH]2)c1. The first-order valence-electron chi connectivity index (χ1n) is 8.72. The van der Waals surface area contributed by atoms with Crippen LogP contribution in [-0.4, -0.2) is 32.9 Å². The number of nitrogens with zero attached hydrogens (tertiary/aromatic N) is 2. The van der Waals surface area contributed by atoms with E-state index in [0.717, 1.165) is 24.2 Å². The van der Waals surface area contributed by atoms with Crippen LogP contribution in [0.5, 0.6) is 5.75 Å². The fraction of sp³-hybridized carbons (Fsp3) is 0.500.